The Morgan fingerprint density at radius 1 is 1.17 bits per heavy atom. The molecule has 2 amide bonds. The second-order valence-corrected chi connectivity index (χ2v) is 10.5. The molecule has 0 saturated heterocycles. The normalized spacial score (nSPS) is 13.3. The van der Waals surface area contributed by atoms with E-state index in [1.165, 1.54) is 17.4 Å². The molecule has 0 spiro atoms. The van der Waals surface area contributed by atoms with E-state index in [0.29, 0.717) is 31.1 Å². The number of benzene rings is 2. The number of fused-ring (bicyclic) bond motifs is 2. The Bertz CT molecular complexity index is 1410. The van der Waals surface area contributed by atoms with Gasteiger partial charge in [0.15, 0.2) is 0 Å². The number of para-hydroxylation sites is 1. The average molecular weight is 524 g/mol. The van der Waals surface area contributed by atoms with Crippen LogP contribution in [0.15, 0.2) is 54.6 Å². The number of nitrogens with zero attached hydrogens (tertiary/aromatic N) is 2. The van der Waals surface area contributed by atoms with Crippen molar-refractivity contribution < 1.29 is 14.3 Å². The highest BCUT2D eigenvalue weighted by Gasteiger charge is 2.29. The Kier molecular flexibility index (Phi) is 6.86. The van der Waals surface area contributed by atoms with Gasteiger partial charge in [-0.05, 0) is 48.7 Å². The molecule has 0 aliphatic carbocycles. The van der Waals surface area contributed by atoms with Crippen molar-refractivity contribution in [3.63, 3.8) is 0 Å². The number of ether oxygens (including phenoxy) is 1. The van der Waals surface area contributed by atoms with Crippen LogP contribution in [-0.2, 0) is 22.5 Å². The molecule has 0 atom stereocenters. The van der Waals surface area contributed by atoms with Crippen LogP contribution < -0.4 is 5.32 Å². The van der Waals surface area contributed by atoms with Crippen LogP contribution in [0.5, 0.6) is 0 Å². The zero-order valence-electron chi connectivity index (χ0n) is 18.9. The van der Waals surface area contributed by atoms with Gasteiger partial charge in [0.2, 0.25) is 5.91 Å². The third kappa shape index (κ3) is 4.96. The number of carbonyl (C=O) groups excluding carboxylic acids is 2. The Morgan fingerprint density at radius 2 is 1.97 bits per heavy atom. The van der Waals surface area contributed by atoms with Gasteiger partial charge in [-0.1, -0.05) is 41.9 Å². The quantitative estimate of drug-likeness (QED) is 0.290. The molecule has 3 heterocycles. The summed E-state index contributed by atoms with van der Waals surface area (Å²) in [5.41, 5.74) is 3.76. The van der Waals surface area contributed by atoms with Gasteiger partial charge in [-0.25, -0.2) is 9.78 Å². The molecule has 35 heavy (non-hydrogen) atoms. The lowest BCUT2D eigenvalue weighted by Crippen LogP contribution is -2.35. The van der Waals surface area contributed by atoms with Gasteiger partial charge in [-0.3, -0.25) is 4.79 Å². The van der Waals surface area contributed by atoms with Crippen molar-refractivity contribution in [1.29, 1.82) is 0 Å². The van der Waals surface area contributed by atoms with E-state index in [2.05, 4.69) is 5.32 Å². The maximum absolute atomic E-state index is 12.9. The first-order valence-corrected chi connectivity index (χ1v) is 13.2. The molecule has 0 radical (unpaired) electrons. The third-order valence-electron chi connectivity index (χ3n) is 5.65. The fourth-order valence-corrected chi connectivity index (χ4v) is 6.57. The van der Waals surface area contributed by atoms with Gasteiger partial charge < -0.3 is 15.0 Å². The van der Waals surface area contributed by atoms with Crippen LogP contribution in [0.4, 0.5) is 9.80 Å². The van der Waals surface area contributed by atoms with Crippen LogP contribution in [-0.4, -0.2) is 35.0 Å². The maximum Gasteiger partial charge on any atom is 0.410 e. The molecule has 1 aliphatic rings. The highest BCUT2D eigenvalue weighted by molar-refractivity contribution is 7.23. The number of nitrogens with one attached hydrogen (secondary N) is 1. The first-order valence-electron chi connectivity index (χ1n) is 11.2. The molecule has 1 aliphatic heterocycles. The standard InChI is InChI=1S/C26H22ClN3O3S2/c1-2-33-26(32)30-14-13-17-21(15-30)35-25(23(17)24-28-19-9-5-6-10-20(19)34-24)29-22(31)12-11-16-7-3-4-8-18(16)27/h3-12H,2,13-15H2,1H3,(H,29,31). The molecule has 0 bridgehead atoms. The lowest BCUT2D eigenvalue weighted by Gasteiger charge is -2.26. The molecular weight excluding hydrogens is 502 g/mol. The number of carbonyl (C=O) groups is 2. The van der Waals surface area contributed by atoms with Crippen LogP contribution in [0.3, 0.4) is 0 Å². The highest BCUT2D eigenvalue weighted by atomic mass is 35.5. The number of hydrogen-bond acceptors (Lipinski definition) is 6. The van der Waals surface area contributed by atoms with E-state index in [-0.39, 0.29) is 12.0 Å². The molecule has 9 heteroatoms. The van der Waals surface area contributed by atoms with Gasteiger partial charge in [0.25, 0.3) is 0 Å². The predicted octanol–water partition coefficient (Wildman–Crippen LogP) is 6.84. The van der Waals surface area contributed by atoms with Gasteiger partial charge >= 0.3 is 6.09 Å². The van der Waals surface area contributed by atoms with E-state index in [1.54, 1.807) is 35.3 Å². The fraction of sp³-hybridized carbons (Fsp3) is 0.192. The van der Waals surface area contributed by atoms with Crippen molar-refractivity contribution in [3.05, 3.63) is 75.6 Å². The van der Waals surface area contributed by atoms with Crippen molar-refractivity contribution in [1.82, 2.24) is 9.88 Å². The van der Waals surface area contributed by atoms with E-state index in [9.17, 15) is 9.59 Å². The number of hydrogen-bond donors (Lipinski definition) is 1. The Hall–Kier alpha value is -3.20. The van der Waals surface area contributed by atoms with Gasteiger partial charge in [-0.2, -0.15) is 0 Å². The van der Waals surface area contributed by atoms with Crippen molar-refractivity contribution in [3.8, 4) is 10.6 Å². The molecule has 0 saturated carbocycles. The van der Waals surface area contributed by atoms with Crippen LogP contribution >= 0.6 is 34.3 Å². The molecule has 1 N–H and O–H groups in total. The first-order chi connectivity index (χ1) is 17.0. The molecule has 4 aromatic rings. The predicted molar refractivity (Wildman–Crippen MR) is 143 cm³/mol. The van der Waals surface area contributed by atoms with Crippen LogP contribution in [0, 0.1) is 0 Å². The van der Waals surface area contributed by atoms with Crippen LogP contribution in [0.1, 0.15) is 22.9 Å². The van der Waals surface area contributed by atoms with E-state index in [1.807, 2.05) is 42.5 Å². The number of rotatable bonds is 5. The van der Waals surface area contributed by atoms with E-state index in [4.69, 9.17) is 21.3 Å². The van der Waals surface area contributed by atoms with Crippen molar-refractivity contribution in [2.24, 2.45) is 0 Å². The molecule has 0 unspecified atom stereocenters. The maximum atomic E-state index is 12.9. The zero-order valence-corrected chi connectivity index (χ0v) is 21.3. The lowest BCUT2D eigenvalue weighted by molar-refractivity contribution is -0.111. The Balaban J connectivity index is 1.49. The monoisotopic (exact) mass is 523 g/mol. The summed E-state index contributed by atoms with van der Waals surface area (Å²) in [4.78, 5) is 32.8. The molecule has 2 aromatic carbocycles. The van der Waals surface area contributed by atoms with Gasteiger partial charge in [0.1, 0.15) is 10.0 Å². The van der Waals surface area contributed by atoms with Crippen molar-refractivity contribution in [2.45, 2.75) is 19.9 Å². The van der Waals surface area contributed by atoms with E-state index < -0.39 is 0 Å². The van der Waals surface area contributed by atoms with E-state index in [0.717, 1.165) is 41.8 Å². The Labute approximate surface area is 215 Å². The molecule has 2 aromatic heterocycles. The Morgan fingerprint density at radius 3 is 2.77 bits per heavy atom. The second-order valence-electron chi connectivity index (χ2n) is 7.91. The van der Waals surface area contributed by atoms with Crippen molar-refractivity contribution in [2.75, 3.05) is 18.5 Å². The highest BCUT2D eigenvalue weighted by Crippen LogP contribution is 2.45. The minimum atomic E-state index is -0.318. The second kappa shape index (κ2) is 10.2. The smallest absolute Gasteiger partial charge is 0.410 e. The number of thiophene rings is 1. The van der Waals surface area contributed by atoms with Crippen LogP contribution in [0.25, 0.3) is 26.9 Å². The first kappa shape index (κ1) is 23.5. The summed E-state index contributed by atoms with van der Waals surface area (Å²) in [6.45, 7) is 3.14. The summed E-state index contributed by atoms with van der Waals surface area (Å²) < 4.78 is 6.28. The number of halogens is 1. The van der Waals surface area contributed by atoms with Crippen LogP contribution in [0.2, 0.25) is 5.02 Å². The minimum absolute atomic E-state index is 0.256. The lowest BCUT2D eigenvalue weighted by atomic mass is 10.0. The molecule has 178 valence electrons. The summed E-state index contributed by atoms with van der Waals surface area (Å²) in [6, 6.07) is 15.3. The summed E-state index contributed by atoms with van der Waals surface area (Å²) >= 11 is 9.30. The topological polar surface area (TPSA) is 71.5 Å². The molecule has 0 fully saturated rings. The molecule has 6 nitrogen and oxygen atoms in total. The summed E-state index contributed by atoms with van der Waals surface area (Å²) in [5, 5.41) is 5.22. The number of amides is 2. The largest absolute Gasteiger partial charge is 0.450 e. The zero-order chi connectivity index (χ0) is 24.4. The summed E-state index contributed by atoms with van der Waals surface area (Å²) in [6.07, 6.45) is 3.53. The SMILES string of the molecule is CCOC(=O)N1CCc2c(sc(NC(=O)C=Cc3ccccc3Cl)c2-c2nc3ccccc3s2)C1. The molecular formula is C26H22ClN3O3S2. The van der Waals surface area contributed by atoms with Gasteiger partial charge in [0.05, 0.1) is 23.4 Å². The average Bonchev–Trinajstić information content (AvgIpc) is 3.43. The third-order valence-corrected chi connectivity index (χ3v) is 8.18. The van der Waals surface area contributed by atoms with Gasteiger partial charge in [0, 0.05) is 28.1 Å². The number of thiazole rings is 1. The van der Waals surface area contributed by atoms with E-state index >= 15 is 0 Å². The summed E-state index contributed by atoms with van der Waals surface area (Å²) in [7, 11) is 0. The minimum Gasteiger partial charge on any atom is -0.450 e. The number of anilines is 1. The fourth-order valence-electron chi connectivity index (χ4n) is 4.00. The molecule has 5 rings (SSSR count). The number of aromatic nitrogens is 1. The van der Waals surface area contributed by atoms with Crippen molar-refractivity contribution >= 4 is 67.6 Å². The summed E-state index contributed by atoms with van der Waals surface area (Å²) in [5.74, 6) is -0.256. The van der Waals surface area contributed by atoms with Gasteiger partial charge in [-0.15, -0.1) is 22.7 Å².